The zero-order chi connectivity index (χ0) is 21.0. The van der Waals surface area contributed by atoms with E-state index in [4.69, 9.17) is 15.2 Å². The number of hydrogen-bond acceptors (Lipinski definition) is 6. The second-order valence-corrected chi connectivity index (χ2v) is 6.73. The third-order valence-electron chi connectivity index (χ3n) is 4.59. The first kappa shape index (κ1) is 20.3. The molecule has 0 atom stereocenters. The van der Waals surface area contributed by atoms with Crippen molar-refractivity contribution < 1.29 is 14.3 Å². The molecule has 1 aromatic heterocycles. The van der Waals surface area contributed by atoms with E-state index in [2.05, 4.69) is 4.98 Å². The van der Waals surface area contributed by atoms with E-state index in [1.54, 1.807) is 32.4 Å². The molecule has 0 fully saturated rings. The van der Waals surface area contributed by atoms with E-state index in [1.165, 1.54) is 4.57 Å². The Morgan fingerprint density at radius 1 is 1.10 bits per heavy atom. The number of para-hydroxylation sites is 2. The van der Waals surface area contributed by atoms with E-state index < -0.39 is 5.91 Å². The Hall–Kier alpha value is -3.39. The highest BCUT2D eigenvalue weighted by Crippen LogP contribution is 2.31. The van der Waals surface area contributed by atoms with Crippen molar-refractivity contribution in [3.8, 4) is 11.5 Å². The lowest BCUT2D eigenvalue weighted by Crippen LogP contribution is -2.33. The van der Waals surface area contributed by atoms with Gasteiger partial charge in [-0.3, -0.25) is 19.1 Å². The molecule has 8 nitrogen and oxygen atoms in total. The van der Waals surface area contributed by atoms with E-state index in [0.29, 0.717) is 41.3 Å². The molecule has 29 heavy (non-hydrogen) atoms. The van der Waals surface area contributed by atoms with Crippen molar-refractivity contribution in [1.82, 2.24) is 14.5 Å². The maximum Gasteiger partial charge on any atom is 0.261 e. The topological polar surface area (TPSA) is 99.7 Å². The predicted molar refractivity (Wildman–Crippen MR) is 110 cm³/mol. The molecule has 0 saturated heterocycles. The van der Waals surface area contributed by atoms with Crippen LogP contribution in [-0.4, -0.2) is 41.6 Å². The molecule has 3 rings (SSSR count). The number of fused-ring (bicyclic) bond motifs is 1. The van der Waals surface area contributed by atoms with Crippen LogP contribution in [0.15, 0.2) is 47.3 Å². The van der Waals surface area contributed by atoms with Crippen molar-refractivity contribution in [2.75, 3.05) is 21.3 Å². The van der Waals surface area contributed by atoms with Crippen LogP contribution in [0.5, 0.6) is 11.5 Å². The van der Waals surface area contributed by atoms with E-state index in [9.17, 15) is 9.59 Å². The Labute approximate surface area is 168 Å². The molecular formula is C21H24N4O4. The Morgan fingerprint density at radius 2 is 1.86 bits per heavy atom. The summed E-state index contributed by atoms with van der Waals surface area (Å²) >= 11 is 0. The third-order valence-corrected chi connectivity index (χ3v) is 4.59. The van der Waals surface area contributed by atoms with Crippen molar-refractivity contribution >= 4 is 16.8 Å². The van der Waals surface area contributed by atoms with E-state index >= 15 is 0 Å². The Bertz CT molecular complexity index is 1090. The number of methoxy groups -OCH3 is 2. The first-order chi connectivity index (χ1) is 13.9. The summed E-state index contributed by atoms with van der Waals surface area (Å²) in [6.07, 6.45) is 0. The highest BCUT2D eigenvalue weighted by atomic mass is 16.5. The number of nitrogens with zero attached hydrogens (tertiary/aromatic N) is 3. The number of aromatic nitrogens is 2. The van der Waals surface area contributed by atoms with Crippen LogP contribution in [0.25, 0.3) is 10.9 Å². The fraction of sp³-hybridized carbons (Fsp3) is 0.286. The number of primary amides is 1. The molecule has 2 N–H and O–H groups in total. The average Bonchev–Trinajstić information content (AvgIpc) is 2.70. The van der Waals surface area contributed by atoms with Gasteiger partial charge in [-0.1, -0.05) is 24.3 Å². The fourth-order valence-corrected chi connectivity index (χ4v) is 3.32. The van der Waals surface area contributed by atoms with Crippen LogP contribution >= 0.6 is 0 Å². The summed E-state index contributed by atoms with van der Waals surface area (Å²) in [6, 6.07) is 12.7. The number of hydrogen-bond donors (Lipinski definition) is 1. The highest BCUT2D eigenvalue weighted by molar-refractivity contribution is 5.78. The minimum absolute atomic E-state index is 0.220. The monoisotopic (exact) mass is 396 g/mol. The van der Waals surface area contributed by atoms with Crippen LogP contribution in [0, 0.1) is 0 Å². The Kier molecular flexibility index (Phi) is 6.13. The maximum absolute atomic E-state index is 12.9. The smallest absolute Gasteiger partial charge is 0.261 e. The largest absolute Gasteiger partial charge is 0.493 e. The zero-order valence-electron chi connectivity index (χ0n) is 16.7. The average molecular weight is 396 g/mol. The minimum Gasteiger partial charge on any atom is -0.493 e. The Balaban J connectivity index is 1.95. The summed E-state index contributed by atoms with van der Waals surface area (Å²) in [5, 5.41) is 0.453. The number of carbonyl (C=O) groups is 1. The van der Waals surface area contributed by atoms with Crippen LogP contribution in [0.4, 0.5) is 0 Å². The predicted octanol–water partition coefficient (Wildman–Crippen LogP) is 1.53. The minimum atomic E-state index is -0.595. The van der Waals surface area contributed by atoms with Crippen LogP contribution in [0.1, 0.15) is 11.4 Å². The SMILES string of the molecule is COc1cccc(CN(C)Cc2nc3ccccc3c(=O)n2CC(N)=O)c1OC. The van der Waals surface area contributed by atoms with Gasteiger partial charge >= 0.3 is 0 Å². The number of nitrogens with two attached hydrogens (primary N) is 1. The fourth-order valence-electron chi connectivity index (χ4n) is 3.32. The van der Waals surface area contributed by atoms with Gasteiger partial charge in [-0.2, -0.15) is 0 Å². The second-order valence-electron chi connectivity index (χ2n) is 6.73. The van der Waals surface area contributed by atoms with Crippen molar-refractivity contribution in [1.29, 1.82) is 0 Å². The van der Waals surface area contributed by atoms with Gasteiger partial charge in [0.05, 0.1) is 31.7 Å². The molecule has 0 spiro atoms. The number of rotatable bonds is 8. The number of carbonyl (C=O) groups excluding carboxylic acids is 1. The molecule has 0 bridgehead atoms. The van der Waals surface area contributed by atoms with Crippen LogP contribution in [0.2, 0.25) is 0 Å². The Morgan fingerprint density at radius 3 is 2.55 bits per heavy atom. The summed E-state index contributed by atoms with van der Waals surface area (Å²) < 4.78 is 12.2. The van der Waals surface area contributed by atoms with Gasteiger partial charge in [0.15, 0.2) is 11.5 Å². The van der Waals surface area contributed by atoms with Crippen molar-refractivity contribution in [3.05, 3.63) is 64.2 Å². The van der Waals surface area contributed by atoms with Gasteiger partial charge in [-0.25, -0.2) is 4.98 Å². The lowest BCUT2D eigenvalue weighted by molar-refractivity contribution is -0.118. The third kappa shape index (κ3) is 4.38. The first-order valence-corrected chi connectivity index (χ1v) is 9.09. The van der Waals surface area contributed by atoms with Gasteiger partial charge in [0.2, 0.25) is 5.91 Å². The van der Waals surface area contributed by atoms with Gasteiger partial charge < -0.3 is 15.2 Å². The van der Waals surface area contributed by atoms with Gasteiger partial charge in [0.25, 0.3) is 5.56 Å². The molecule has 1 amide bonds. The van der Waals surface area contributed by atoms with Crippen molar-refractivity contribution in [3.63, 3.8) is 0 Å². The van der Waals surface area contributed by atoms with Crippen molar-refractivity contribution in [2.24, 2.45) is 5.73 Å². The van der Waals surface area contributed by atoms with Gasteiger partial charge in [-0.05, 0) is 25.2 Å². The molecule has 0 radical (unpaired) electrons. The standard InChI is InChI=1S/C21H24N4O4/c1-24(11-14-7-6-10-17(28-2)20(14)29-3)13-19-23-16-9-5-4-8-15(16)21(27)25(19)12-18(22)26/h4-10H,11-13H2,1-3H3,(H2,22,26). The van der Waals surface area contributed by atoms with Crippen LogP contribution in [-0.2, 0) is 24.4 Å². The van der Waals surface area contributed by atoms with Crippen molar-refractivity contribution in [2.45, 2.75) is 19.6 Å². The van der Waals surface area contributed by atoms with Gasteiger partial charge in [-0.15, -0.1) is 0 Å². The second kappa shape index (κ2) is 8.74. The summed E-state index contributed by atoms with van der Waals surface area (Å²) in [6.45, 7) is 0.648. The molecule has 0 aliphatic heterocycles. The maximum atomic E-state index is 12.9. The lowest BCUT2D eigenvalue weighted by atomic mass is 10.1. The normalized spacial score (nSPS) is 11.0. The molecule has 3 aromatic rings. The number of benzene rings is 2. The van der Waals surface area contributed by atoms with Crippen LogP contribution < -0.4 is 20.8 Å². The quantitative estimate of drug-likeness (QED) is 0.620. The molecule has 152 valence electrons. The number of amides is 1. The first-order valence-electron chi connectivity index (χ1n) is 9.09. The van der Waals surface area contributed by atoms with E-state index in [0.717, 1.165) is 5.56 Å². The zero-order valence-corrected chi connectivity index (χ0v) is 16.7. The molecule has 1 heterocycles. The van der Waals surface area contributed by atoms with Gasteiger partial charge in [0, 0.05) is 12.1 Å². The molecule has 0 unspecified atom stereocenters. The number of ether oxygens (including phenoxy) is 2. The van der Waals surface area contributed by atoms with E-state index in [-0.39, 0.29) is 12.1 Å². The molecule has 0 aliphatic rings. The highest BCUT2D eigenvalue weighted by Gasteiger charge is 2.16. The van der Waals surface area contributed by atoms with Crippen LogP contribution in [0.3, 0.4) is 0 Å². The summed E-state index contributed by atoms with van der Waals surface area (Å²) in [5.41, 5.74) is 6.59. The lowest BCUT2D eigenvalue weighted by Gasteiger charge is -2.21. The molecule has 0 saturated carbocycles. The van der Waals surface area contributed by atoms with E-state index in [1.807, 2.05) is 36.2 Å². The molecule has 8 heteroatoms. The molecular weight excluding hydrogens is 372 g/mol. The van der Waals surface area contributed by atoms with Gasteiger partial charge in [0.1, 0.15) is 12.4 Å². The summed E-state index contributed by atoms with van der Waals surface area (Å²) in [4.78, 5) is 31.0. The molecule has 0 aliphatic carbocycles. The summed E-state index contributed by atoms with van der Waals surface area (Å²) in [7, 11) is 5.08. The molecule has 2 aromatic carbocycles. The summed E-state index contributed by atoms with van der Waals surface area (Å²) in [5.74, 6) is 1.18.